The molecule has 236 valence electrons. The van der Waals surface area contributed by atoms with Gasteiger partial charge in [-0.05, 0) is 101 Å². The summed E-state index contributed by atoms with van der Waals surface area (Å²) in [5, 5.41) is 10.4. The van der Waals surface area contributed by atoms with E-state index >= 15 is 0 Å². The standard InChI is InChI=1S/C37H46O6S/c38-37(39)43-44(32-22-12-4-13-23-32,33-24-14-5-15-25-33)36-34(41-29-18-8-2-9-19-29)26-31(40-28-16-6-1-7-17-28)27-35(36)42-30-20-10-3-11-21-30/h4-5,12-15,22-30H,1-3,6-11,16-21H2,(H,38,39). The Balaban J connectivity index is 1.59. The molecule has 0 spiro atoms. The maximum absolute atomic E-state index is 12.8. The fourth-order valence-corrected chi connectivity index (χ4v) is 10.1. The van der Waals surface area contributed by atoms with E-state index in [9.17, 15) is 9.90 Å². The lowest BCUT2D eigenvalue weighted by Crippen LogP contribution is -2.24. The second-order valence-electron chi connectivity index (χ2n) is 12.4. The average Bonchev–Trinajstić information content (AvgIpc) is 3.06. The lowest BCUT2D eigenvalue weighted by Gasteiger charge is -2.41. The van der Waals surface area contributed by atoms with Crippen LogP contribution in [-0.4, -0.2) is 29.6 Å². The minimum Gasteiger partial charge on any atom is -0.490 e. The molecule has 0 saturated heterocycles. The summed E-state index contributed by atoms with van der Waals surface area (Å²) in [6, 6.07) is 23.5. The van der Waals surface area contributed by atoms with Crippen LogP contribution < -0.4 is 14.2 Å². The maximum Gasteiger partial charge on any atom is 0.517 e. The van der Waals surface area contributed by atoms with Gasteiger partial charge in [-0.15, -0.1) is 0 Å². The number of rotatable bonds is 10. The van der Waals surface area contributed by atoms with Gasteiger partial charge in [-0.25, -0.2) is 4.79 Å². The predicted octanol–water partition coefficient (Wildman–Crippen LogP) is 10.7. The zero-order valence-corrected chi connectivity index (χ0v) is 26.5. The van der Waals surface area contributed by atoms with Crippen LogP contribution in [0, 0.1) is 0 Å². The topological polar surface area (TPSA) is 74.2 Å². The summed E-state index contributed by atoms with van der Waals surface area (Å²) in [6.45, 7) is 0. The number of benzene rings is 3. The van der Waals surface area contributed by atoms with Crippen LogP contribution in [0.5, 0.6) is 17.2 Å². The largest absolute Gasteiger partial charge is 0.517 e. The monoisotopic (exact) mass is 618 g/mol. The van der Waals surface area contributed by atoms with E-state index in [0.29, 0.717) is 16.4 Å². The SMILES string of the molecule is O=C(O)OS(c1ccccc1)(c1ccccc1)c1c(OC2CCCCC2)cc(OC2CCCCC2)cc1OC1CCCCC1. The van der Waals surface area contributed by atoms with Crippen LogP contribution in [0.25, 0.3) is 0 Å². The van der Waals surface area contributed by atoms with Gasteiger partial charge in [0.2, 0.25) is 0 Å². The Morgan fingerprint density at radius 1 is 0.568 bits per heavy atom. The van der Waals surface area contributed by atoms with Crippen molar-refractivity contribution in [2.45, 2.75) is 129 Å². The first-order chi connectivity index (χ1) is 21.6. The van der Waals surface area contributed by atoms with Crippen LogP contribution >= 0.6 is 10.3 Å². The zero-order chi connectivity index (χ0) is 30.2. The van der Waals surface area contributed by atoms with Crippen molar-refractivity contribution >= 4 is 16.5 Å². The van der Waals surface area contributed by atoms with Crippen LogP contribution in [0.15, 0.2) is 87.5 Å². The molecule has 0 radical (unpaired) electrons. The van der Waals surface area contributed by atoms with Gasteiger partial charge in [-0.1, -0.05) is 55.7 Å². The maximum atomic E-state index is 12.8. The highest BCUT2D eigenvalue weighted by atomic mass is 32.3. The summed E-state index contributed by atoms with van der Waals surface area (Å²) in [6.07, 6.45) is 15.3. The molecule has 0 aromatic heterocycles. The predicted molar refractivity (Wildman–Crippen MR) is 173 cm³/mol. The molecule has 0 atom stereocenters. The second-order valence-corrected chi connectivity index (χ2v) is 15.0. The van der Waals surface area contributed by atoms with E-state index in [4.69, 9.17) is 18.4 Å². The molecule has 7 heteroatoms. The molecule has 3 fully saturated rings. The minimum atomic E-state index is -2.85. The normalized spacial score (nSPS) is 19.2. The smallest absolute Gasteiger partial charge is 0.490 e. The van der Waals surface area contributed by atoms with E-state index in [-0.39, 0.29) is 18.3 Å². The van der Waals surface area contributed by atoms with Gasteiger partial charge in [-0.2, -0.15) is 0 Å². The molecule has 44 heavy (non-hydrogen) atoms. The average molecular weight is 619 g/mol. The van der Waals surface area contributed by atoms with Crippen molar-refractivity contribution < 1.29 is 28.3 Å². The molecular weight excluding hydrogens is 572 g/mol. The first-order valence-electron chi connectivity index (χ1n) is 16.7. The molecular formula is C37H46O6S. The fourth-order valence-electron chi connectivity index (χ4n) is 7.02. The fraction of sp³-hybridized carbons (Fsp3) is 0.486. The Morgan fingerprint density at radius 2 is 0.955 bits per heavy atom. The van der Waals surface area contributed by atoms with Gasteiger partial charge in [-0.3, -0.25) is 0 Å². The Bertz CT molecular complexity index is 1260. The lowest BCUT2D eigenvalue weighted by molar-refractivity contribution is 0.129. The zero-order valence-electron chi connectivity index (χ0n) is 25.7. The minimum absolute atomic E-state index is 0.0310. The lowest BCUT2D eigenvalue weighted by atomic mass is 9.97. The van der Waals surface area contributed by atoms with Crippen molar-refractivity contribution in [1.29, 1.82) is 0 Å². The van der Waals surface area contributed by atoms with E-state index in [0.717, 1.165) is 79.7 Å². The van der Waals surface area contributed by atoms with Gasteiger partial charge in [0, 0.05) is 32.2 Å². The molecule has 0 amide bonds. The van der Waals surface area contributed by atoms with Crippen LogP contribution in [0.4, 0.5) is 4.79 Å². The van der Waals surface area contributed by atoms with Crippen LogP contribution in [0.3, 0.4) is 0 Å². The second kappa shape index (κ2) is 14.6. The summed E-state index contributed by atoms with van der Waals surface area (Å²) < 4.78 is 26.8. The van der Waals surface area contributed by atoms with Crippen molar-refractivity contribution in [1.82, 2.24) is 0 Å². The molecule has 6 rings (SSSR count). The van der Waals surface area contributed by atoms with E-state index < -0.39 is 16.5 Å². The highest BCUT2D eigenvalue weighted by Gasteiger charge is 2.42. The van der Waals surface area contributed by atoms with Crippen molar-refractivity contribution in [3.63, 3.8) is 0 Å². The Kier molecular flexibility index (Phi) is 10.2. The summed E-state index contributed by atoms with van der Waals surface area (Å²) in [4.78, 5) is 15.0. The van der Waals surface area contributed by atoms with Gasteiger partial charge in [0.15, 0.2) is 0 Å². The molecule has 0 heterocycles. The molecule has 3 aliphatic rings. The molecule has 3 saturated carbocycles. The van der Waals surface area contributed by atoms with Crippen molar-refractivity contribution in [3.8, 4) is 17.2 Å². The van der Waals surface area contributed by atoms with E-state index in [1.54, 1.807) is 0 Å². The van der Waals surface area contributed by atoms with E-state index in [2.05, 4.69) is 0 Å². The quantitative estimate of drug-likeness (QED) is 0.244. The third-order valence-electron chi connectivity index (χ3n) is 9.17. The van der Waals surface area contributed by atoms with Gasteiger partial charge in [0.25, 0.3) is 0 Å². The molecule has 0 unspecified atom stereocenters. The summed E-state index contributed by atoms with van der Waals surface area (Å²) in [7, 11) is -2.85. The van der Waals surface area contributed by atoms with Crippen molar-refractivity contribution in [2.24, 2.45) is 0 Å². The van der Waals surface area contributed by atoms with Gasteiger partial charge >= 0.3 is 6.16 Å². The van der Waals surface area contributed by atoms with Crippen LogP contribution in [0.1, 0.15) is 96.3 Å². The summed E-state index contributed by atoms with van der Waals surface area (Å²) in [5.74, 6) is 1.95. The highest BCUT2D eigenvalue weighted by molar-refractivity contribution is 8.30. The molecule has 1 N–H and O–H groups in total. The Labute approximate surface area is 263 Å². The van der Waals surface area contributed by atoms with Gasteiger partial charge in [0.1, 0.15) is 22.1 Å². The van der Waals surface area contributed by atoms with E-state index in [1.165, 1.54) is 32.1 Å². The molecule has 3 aliphatic carbocycles. The first kappa shape index (κ1) is 30.7. The van der Waals surface area contributed by atoms with Crippen LogP contribution in [0.2, 0.25) is 0 Å². The molecule has 0 bridgehead atoms. The van der Waals surface area contributed by atoms with Gasteiger partial charge < -0.3 is 23.5 Å². The number of ether oxygens (including phenoxy) is 3. The first-order valence-corrected chi connectivity index (χ1v) is 18.2. The van der Waals surface area contributed by atoms with Crippen LogP contribution in [-0.2, 0) is 4.18 Å². The highest BCUT2D eigenvalue weighted by Crippen LogP contribution is 2.74. The summed E-state index contributed by atoms with van der Waals surface area (Å²) in [5.41, 5.74) is 0. The molecule has 0 aliphatic heterocycles. The molecule has 6 nitrogen and oxygen atoms in total. The third kappa shape index (κ3) is 7.14. The number of hydrogen-bond acceptors (Lipinski definition) is 5. The number of carboxylic acid groups (broad SMARTS) is 1. The van der Waals surface area contributed by atoms with Crippen molar-refractivity contribution in [2.75, 3.05) is 0 Å². The third-order valence-corrected chi connectivity index (χ3v) is 12.4. The Hall–Kier alpha value is -3.32. The van der Waals surface area contributed by atoms with Crippen molar-refractivity contribution in [3.05, 3.63) is 72.8 Å². The van der Waals surface area contributed by atoms with E-state index in [1.807, 2.05) is 72.8 Å². The molecule has 3 aromatic rings. The number of hydrogen-bond donors (Lipinski definition) is 1. The molecule has 3 aromatic carbocycles. The van der Waals surface area contributed by atoms with Gasteiger partial charge in [0.05, 0.1) is 18.3 Å². The Morgan fingerprint density at radius 3 is 1.34 bits per heavy atom. The summed E-state index contributed by atoms with van der Waals surface area (Å²) >= 11 is 0. The number of carbonyl (C=O) groups is 1.